The molecule has 1 aliphatic carbocycles. The zero-order valence-corrected chi connectivity index (χ0v) is 12.3. The van der Waals surface area contributed by atoms with Gasteiger partial charge in [-0.3, -0.25) is 0 Å². The summed E-state index contributed by atoms with van der Waals surface area (Å²) in [5.74, 6) is 0. The third kappa shape index (κ3) is 2.37. The van der Waals surface area contributed by atoms with Crippen molar-refractivity contribution in [2.45, 2.75) is 17.1 Å². The predicted octanol–water partition coefficient (Wildman–Crippen LogP) is 2.67. The minimum atomic E-state index is 0. The van der Waals surface area contributed by atoms with E-state index in [1.54, 1.807) is 0 Å². The van der Waals surface area contributed by atoms with E-state index in [1.807, 2.05) is 11.8 Å². The van der Waals surface area contributed by atoms with Crippen molar-refractivity contribution < 1.29 is 21.7 Å². The van der Waals surface area contributed by atoms with E-state index in [0.29, 0.717) is 5.25 Å². The molecule has 3 rings (SSSR count). The first-order valence-corrected chi connectivity index (χ1v) is 5.42. The monoisotopic (exact) mass is 264 g/mol. The number of hydrogen-bond donors (Lipinski definition) is 0. The molecule has 0 radical (unpaired) electrons. The average molecular weight is 264 g/mol. The summed E-state index contributed by atoms with van der Waals surface area (Å²) >= 11 is 1.97. The molecule has 1 unspecified atom stereocenters. The Balaban J connectivity index is 0.000000750. The fourth-order valence-electron chi connectivity index (χ4n) is 1.93. The number of allylic oxidation sites excluding steroid dienone is 1. The first-order valence-electron chi connectivity index (χ1n) is 4.54. The molecule has 0 amide bonds. The van der Waals surface area contributed by atoms with Gasteiger partial charge in [0.1, 0.15) is 0 Å². The summed E-state index contributed by atoms with van der Waals surface area (Å²) in [6.45, 7) is 2.25. The Kier molecular flexibility index (Phi) is 5.82. The van der Waals surface area contributed by atoms with Gasteiger partial charge in [-0.05, 0) is 22.9 Å². The van der Waals surface area contributed by atoms with Crippen LogP contribution in [-0.2, 0) is 21.7 Å². The zero-order valence-electron chi connectivity index (χ0n) is 9.95. The smallest absolute Gasteiger partial charge is 0.358 e. The fourth-order valence-corrected chi connectivity index (χ4v) is 3.10. The Morgan fingerprint density at radius 3 is 2.56 bits per heavy atom. The van der Waals surface area contributed by atoms with Gasteiger partial charge in [0.2, 0.25) is 0 Å². The first kappa shape index (κ1) is 15.8. The Hall–Kier alpha value is -0.236. The molecule has 0 N–H and O–H groups in total. The van der Waals surface area contributed by atoms with Crippen LogP contribution in [0.4, 0.5) is 0 Å². The van der Waals surface area contributed by atoms with Crippen LogP contribution in [0.25, 0.3) is 18.2 Å². The Morgan fingerprint density at radius 1 is 1.12 bits per heavy atom. The van der Waals surface area contributed by atoms with E-state index in [1.165, 1.54) is 20.9 Å². The van der Waals surface area contributed by atoms with Crippen molar-refractivity contribution in [1.82, 2.24) is 0 Å². The Morgan fingerprint density at radius 2 is 1.81 bits per heavy atom. The van der Waals surface area contributed by atoms with Crippen molar-refractivity contribution in [2.75, 3.05) is 0 Å². The van der Waals surface area contributed by atoms with E-state index >= 15 is 0 Å². The predicted molar refractivity (Wildman–Crippen MR) is 71.8 cm³/mol. The quantitative estimate of drug-likeness (QED) is 0.513. The van der Waals surface area contributed by atoms with Crippen LogP contribution in [0.15, 0.2) is 23.1 Å². The number of rotatable bonds is 0. The van der Waals surface area contributed by atoms with Gasteiger partial charge in [0.15, 0.2) is 0 Å². The molecule has 82 valence electrons. The molecule has 0 aromatic heterocycles. The van der Waals surface area contributed by atoms with Gasteiger partial charge in [-0.1, -0.05) is 36.4 Å². The Labute approximate surface area is 117 Å². The van der Waals surface area contributed by atoms with Crippen molar-refractivity contribution in [1.29, 1.82) is 0 Å². The van der Waals surface area contributed by atoms with Crippen LogP contribution in [-0.4, -0.2) is 5.25 Å². The third-order valence-electron chi connectivity index (χ3n) is 2.52. The van der Waals surface area contributed by atoms with Gasteiger partial charge >= 0.3 is 21.7 Å². The maximum Gasteiger partial charge on any atom is 2.00 e. The van der Waals surface area contributed by atoms with Gasteiger partial charge in [0, 0.05) is 10.1 Å². The topological polar surface area (TPSA) is 0 Å². The van der Waals surface area contributed by atoms with Gasteiger partial charge in [-0.15, -0.1) is 11.8 Å². The second kappa shape index (κ2) is 5.91. The summed E-state index contributed by atoms with van der Waals surface area (Å²) in [5, 5.41) is 3.42. The van der Waals surface area contributed by atoms with Crippen molar-refractivity contribution >= 4 is 30.0 Å². The molecule has 1 aromatic rings. The molecule has 1 atom stereocenters. The van der Waals surface area contributed by atoms with Crippen LogP contribution >= 0.6 is 11.8 Å². The minimum Gasteiger partial charge on any atom is -0.358 e. The van der Waals surface area contributed by atoms with Crippen molar-refractivity contribution in [3.8, 4) is 0 Å². The molecular weight excluding hydrogens is 248 g/mol. The van der Waals surface area contributed by atoms with Crippen LogP contribution in [0.2, 0.25) is 0 Å². The molecule has 16 heavy (non-hydrogen) atoms. The summed E-state index contributed by atoms with van der Waals surface area (Å²) in [6.07, 6.45) is 8.87. The van der Waals surface area contributed by atoms with E-state index in [4.69, 9.17) is 0 Å². The molecule has 0 bridgehead atoms. The third-order valence-corrected chi connectivity index (χ3v) is 3.72. The second-order valence-electron chi connectivity index (χ2n) is 3.50. The molecule has 2 heteroatoms. The SMILES string of the molecule is CC1C=c2ccc3c(c2S1)C=CC=3.[CH3-].[CH3-].[Ti+2]. The van der Waals surface area contributed by atoms with Crippen LogP contribution < -0.4 is 10.4 Å². The van der Waals surface area contributed by atoms with E-state index in [2.05, 4.69) is 43.4 Å². The summed E-state index contributed by atoms with van der Waals surface area (Å²) in [7, 11) is 0. The normalized spacial score (nSPS) is 17.9. The van der Waals surface area contributed by atoms with E-state index in [-0.39, 0.29) is 36.6 Å². The maximum absolute atomic E-state index is 2.34. The molecular formula is C14H16STi. The number of fused-ring (bicyclic) bond motifs is 3. The molecule has 0 spiro atoms. The minimum absolute atomic E-state index is 0. The molecule has 0 saturated heterocycles. The first-order chi connectivity index (χ1) is 6.34. The summed E-state index contributed by atoms with van der Waals surface area (Å²) < 4.78 is 0. The number of thioether (sulfide) groups is 1. The zero-order chi connectivity index (χ0) is 8.84. The van der Waals surface area contributed by atoms with Gasteiger partial charge < -0.3 is 14.9 Å². The van der Waals surface area contributed by atoms with Crippen LogP contribution in [0.3, 0.4) is 0 Å². The average Bonchev–Trinajstić information content (AvgIpc) is 2.65. The fraction of sp³-hybridized carbons (Fsp3) is 0.143. The van der Waals surface area contributed by atoms with Gasteiger partial charge in [0.05, 0.1) is 0 Å². The van der Waals surface area contributed by atoms with Crippen molar-refractivity contribution in [3.63, 3.8) is 0 Å². The van der Waals surface area contributed by atoms with Crippen LogP contribution in [0, 0.1) is 14.9 Å². The van der Waals surface area contributed by atoms with E-state index < -0.39 is 0 Å². The van der Waals surface area contributed by atoms with Crippen LogP contribution in [0.5, 0.6) is 0 Å². The summed E-state index contributed by atoms with van der Waals surface area (Å²) in [6, 6.07) is 4.44. The second-order valence-corrected chi connectivity index (χ2v) is 4.89. The van der Waals surface area contributed by atoms with E-state index in [0.717, 1.165) is 0 Å². The molecule has 1 aromatic carbocycles. The van der Waals surface area contributed by atoms with Crippen molar-refractivity contribution in [2.24, 2.45) is 0 Å². The number of hydrogen-bond acceptors (Lipinski definition) is 1. The van der Waals surface area contributed by atoms with Crippen molar-refractivity contribution in [3.05, 3.63) is 49.1 Å². The Bertz CT molecular complexity index is 514. The summed E-state index contributed by atoms with van der Waals surface area (Å²) in [4.78, 5) is 1.47. The standard InChI is InChI=1S/C12H10S.2CH3.Ti/c1-8-7-10-6-5-9-3-2-4-11(9)12(10)13-8;;;/h2-8H,1H3;2*1H3;/q;2*-1;+2. The molecule has 0 fully saturated rings. The van der Waals surface area contributed by atoms with Crippen LogP contribution in [0.1, 0.15) is 12.5 Å². The van der Waals surface area contributed by atoms with Gasteiger partial charge in [-0.2, -0.15) is 0 Å². The largest absolute Gasteiger partial charge is 2.00 e. The number of benzene rings is 1. The molecule has 1 aliphatic heterocycles. The van der Waals surface area contributed by atoms with E-state index in [9.17, 15) is 0 Å². The van der Waals surface area contributed by atoms with Gasteiger partial charge in [0.25, 0.3) is 0 Å². The molecule has 2 aliphatic rings. The maximum atomic E-state index is 2.34. The molecule has 1 heterocycles. The summed E-state index contributed by atoms with van der Waals surface area (Å²) in [5.41, 5.74) is 1.42. The molecule has 0 saturated carbocycles. The van der Waals surface area contributed by atoms with Gasteiger partial charge in [-0.25, -0.2) is 0 Å². The molecule has 0 nitrogen and oxygen atoms in total.